The molecule has 135 heavy (non-hydrogen) atoms. The van der Waals surface area contributed by atoms with Crippen LogP contribution in [0.2, 0.25) is 0 Å². The Kier molecular flexibility index (Phi) is 53.9. The minimum absolute atomic E-state index is 0.00927. The van der Waals surface area contributed by atoms with Gasteiger partial charge in [0.25, 0.3) is 0 Å². The molecule has 746 valence electrons. The van der Waals surface area contributed by atoms with Crippen molar-refractivity contribution in [3.63, 3.8) is 0 Å². The van der Waals surface area contributed by atoms with Crippen LogP contribution < -0.4 is 16.0 Å². The Morgan fingerprint density at radius 2 is 0.467 bits per heavy atom. The molecule has 0 aromatic rings. The standard InChI is InChI=1S/C16H23N3O5.C16H22N2O6.C13H19NO5.C12H17NO5.C11H16N2O4.C11H15NO5.C10H14N2O4/c1-11(18-9-3-5-14(18)21)17-13(20)7-8-16(23)24-12(2)19-10-4-6-15(19)22;1-11(17-9-3-5-13(17)19)23-15(21)7-8-16(22)24-12(2)18-10-4-6-14(18)20;1-18-12(16)6-7-13(17)19-10-9-14-8-4-2-3-5-11(14)15;14-10-4-2-1-3-7-13(10)8-9-18-12(17)6-5-11(15)16;1-8(13-7-3-4-10(13)15)12-9(14)5-6-11(16)17-2;1-8(12-7-3-4-9(12)13)17-11(15)6-5-10(14)16-2;1-7(12-6-2-3-9(12)14)11-8(13)4-5-10(15)16/h7-8,11-12H,3-6,9-10H2,1-2H3,(H,17,20);7-8,11-12H,3-6,9-10H2,1-2H3;6-7H,2-5,8-10H2,1H3;5-6H,1-4,7-9H2,(H,15,16);5-6,8H,3-4,7H2,1-2H3,(H,12,14);5-6,8H,3-4,7H2,1-2H3;4-5,7H,2-3,6H2,1H3,(H,11,13)(H,15,16). The van der Waals surface area contributed by atoms with Gasteiger partial charge in [-0.3, -0.25) is 57.5 Å². The first kappa shape index (κ1) is 115. The summed E-state index contributed by atoms with van der Waals surface area (Å²) in [6.45, 7) is 18.2. The Morgan fingerprint density at radius 3 is 0.711 bits per heavy atom. The number of likely N-dealkylation sites (tertiary alicyclic amines) is 9. The van der Waals surface area contributed by atoms with Crippen LogP contribution >= 0.6 is 0 Å². The smallest absolute Gasteiger partial charge is 0.332 e. The van der Waals surface area contributed by atoms with Crippen LogP contribution in [0.5, 0.6) is 0 Å². The molecule has 9 aliphatic rings. The number of aliphatic carboxylic acids is 2. The van der Waals surface area contributed by atoms with Crippen molar-refractivity contribution in [3.05, 3.63) is 85.1 Å². The van der Waals surface area contributed by atoms with Crippen LogP contribution in [0.1, 0.15) is 190 Å². The lowest BCUT2D eigenvalue weighted by molar-refractivity contribution is -0.159. The maximum absolute atomic E-state index is 11.8. The molecule has 46 heteroatoms. The summed E-state index contributed by atoms with van der Waals surface area (Å²) in [6, 6.07) is 0. The Balaban J connectivity index is 0.000000408. The first-order valence-electron chi connectivity index (χ1n) is 44.2. The van der Waals surface area contributed by atoms with Gasteiger partial charge in [0.15, 0.2) is 24.9 Å². The summed E-state index contributed by atoms with van der Waals surface area (Å²) in [5, 5.41) is 24.4. The summed E-state index contributed by atoms with van der Waals surface area (Å²) in [6.07, 6.45) is 25.4. The number of hydrogen-bond donors (Lipinski definition) is 5. The van der Waals surface area contributed by atoms with E-state index >= 15 is 0 Å². The molecule has 0 bridgehead atoms. The highest BCUT2D eigenvalue weighted by Crippen LogP contribution is 2.21. The quantitative estimate of drug-likeness (QED) is 0.0347. The van der Waals surface area contributed by atoms with Gasteiger partial charge in [-0.15, -0.1) is 0 Å². The van der Waals surface area contributed by atoms with Gasteiger partial charge in [0.05, 0.1) is 34.4 Å². The molecule has 0 aliphatic carbocycles. The van der Waals surface area contributed by atoms with Crippen molar-refractivity contribution in [2.24, 2.45) is 0 Å². The Hall–Kier alpha value is -14.0. The Labute approximate surface area is 781 Å². The summed E-state index contributed by atoms with van der Waals surface area (Å²) >= 11 is 0. The third-order valence-corrected chi connectivity index (χ3v) is 20.8. The summed E-state index contributed by atoms with van der Waals surface area (Å²) in [5.74, 6) is -9.73. The zero-order valence-electron chi connectivity index (χ0n) is 77.9. The predicted molar refractivity (Wildman–Crippen MR) is 469 cm³/mol. The van der Waals surface area contributed by atoms with Crippen LogP contribution in [0, 0.1) is 0 Å². The van der Waals surface area contributed by atoms with E-state index in [-0.39, 0.29) is 72.5 Å². The van der Waals surface area contributed by atoms with Crippen LogP contribution in [0.4, 0.5) is 0 Å². The largest absolute Gasteiger partial charge is 0.478 e. The molecule has 0 aromatic carbocycles. The van der Waals surface area contributed by atoms with Gasteiger partial charge in [0.1, 0.15) is 31.7 Å². The number of carbonyl (C=O) groups is 23. The van der Waals surface area contributed by atoms with Crippen molar-refractivity contribution >= 4 is 137 Å². The molecular formula is C89H126N12O34. The molecule has 0 saturated carbocycles. The minimum Gasteiger partial charge on any atom is -0.478 e. The van der Waals surface area contributed by atoms with E-state index in [1.807, 2.05) is 0 Å². The predicted octanol–water partition coefficient (Wildman–Crippen LogP) is 1.68. The minimum atomic E-state index is -1.20. The summed E-state index contributed by atoms with van der Waals surface area (Å²) in [4.78, 5) is 273. The lowest BCUT2D eigenvalue weighted by Crippen LogP contribution is -2.46. The molecule has 9 rings (SSSR count). The normalized spacial score (nSPS) is 18.3. The van der Waals surface area contributed by atoms with Gasteiger partial charge in [-0.25, -0.2) is 52.7 Å². The van der Waals surface area contributed by atoms with Crippen LogP contribution in [0.3, 0.4) is 0 Å². The molecule has 7 unspecified atom stereocenters. The summed E-state index contributed by atoms with van der Waals surface area (Å²) in [5.41, 5.74) is 0. The number of carboxylic acid groups (broad SMARTS) is 2. The molecule has 0 radical (unpaired) electrons. The number of esters is 9. The molecule has 5 N–H and O–H groups in total. The second kappa shape index (κ2) is 63.2. The third-order valence-electron chi connectivity index (χ3n) is 20.8. The van der Waals surface area contributed by atoms with E-state index in [1.165, 1.54) is 40.9 Å². The van der Waals surface area contributed by atoms with Gasteiger partial charge >= 0.3 is 65.7 Å². The van der Waals surface area contributed by atoms with E-state index in [4.69, 9.17) is 38.6 Å². The van der Waals surface area contributed by atoms with Gasteiger partial charge < -0.3 is 113 Å². The van der Waals surface area contributed by atoms with Crippen molar-refractivity contribution in [1.82, 2.24) is 60.0 Å². The topological polar surface area (TPSA) is 581 Å². The van der Waals surface area contributed by atoms with Gasteiger partial charge in [-0.1, -0.05) is 12.8 Å². The number of nitrogens with zero attached hydrogens (tertiary/aromatic N) is 9. The summed E-state index contributed by atoms with van der Waals surface area (Å²) < 4.78 is 43.0. The highest BCUT2D eigenvalue weighted by atomic mass is 16.6. The number of rotatable bonds is 34. The lowest BCUT2D eigenvalue weighted by Gasteiger charge is -2.24. The molecule has 12 amide bonds. The molecular weight excluding hydrogens is 1780 g/mol. The van der Waals surface area contributed by atoms with Crippen molar-refractivity contribution in [3.8, 4) is 0 Å². The number of carboxylic acids is 2. The SMILES string of the molecule is CC(NC(=O)C=CC(=O)O)N1CCCC1=O.CC(NC(=O)C=CC(=O)OC(C)N1CCCC1=O)N1CCCC1=O.CC(OC(=O)C=CC(=O)OC(C)N1CCCC1=O)N1CCCC1=O.COC(=O)C=CC(=O)NC(C)N1CCCC1=O.COC(=O)C=CC(=O)OC(C)N1CCCC1=O.COC(=O)C=CC(=O)OCCN1CCCCCC1=O.O=C(O)C=CC(=O)OCCN1CCCCCC1=O. The molecule has 0 aromatic heterocycles. The fourth-order valence-corrected chi connectivity index (χ4v) is 13.9. The fourth-order valence-electron chi connectivity index (χ4n) is 13.9. The number of carbonyl (C=O) groups excluding carboxylic acids is 21. The van der Waals surface area contributed by atoms with Crippen molar-refractivity contribution in [1.29, 1.82) is 0 Å². The van der Waals surface area contributed by atoms with Crippen molar-refractivity contribution in [2.45, 2.75) is 233 Å². The molecule has 7 atom stereocenters. The van der Waals surface area contributed by atoms with Crippen LogP contribution in [0.25, 0.3) is 0 Å². The van der Waals surface area contributed by atoms with E-state index in [0.717, 1.165) is 169 Å². The van der Waals surface area contributed by atoms with Gasteiger partial charge in [0.2, 0.25) is 70.9 Å². The number of methoxy groups -OCH3 is 3. The van der Waals surface area contributed by atoms with Gasteiger partial charge in [-0.05, 0) is 119 Å². The van der Waals surface area contributed by atoms with Crippen LogP contribution in [0.15, 0.2) is 85.1 Å². The Morgan fingerprint density at radius 1 is 0.259 bits per heavy atom. The van der Waals surface area contributed by atoms with E-state index in [9.17, 15) is 110 Å². The second-order valence-corrected chi connectivity index (χ2v) is 30.8. The number of ether oxygens (including phenoxy) is 9. The lowest BCUT2D eigenvalue weighted by atomic mass is 10.2. The van der Waals surface area contributed by atoms with E-state index in [0.29, 0.717) is 130 Å². The summed E-state index contributed by atoms with van der Waals surface area (Å²) in [7, 11) is 3.67. The van der Waals surface area contributed by atoms with Crippen LogP contribution in [-0.2, 0) is 153 Å². The number of nitrogens with one attached hydrogen (secondary N) is 3. The van der Waals surface area contributed by atoms with Crippen molar-refractivity contribution < 1.29 is 163 Å². The van der Waals surface area contributed by atoms with Gasteiger partial charge in [-0.2, -0.15) is 0 Å². The van der Waals surface area contributed by atoms with Crippen molar-refractivity contribution in [2.75, 3.05) is 107 Å². The molecule has 9 fully saturated rings. The number of hydrogen-bond acceptors (Lipinski definition) is 32. The monoisotopic (exact) mass is 1910 g/mol. The molecule has 46 nitrogen and oxygen atoms in total. The van der Waals surface area contributed by atoms with E-state index in [1.54, 1.807) is 73.0 Å². The first-order valence-corrected chi connectivity index (χ1v) is 44.2. The highest BCUT2D eigenvalue weighted by Gasteiger charge is 2.34. The molecule has 9 heterocycles. The second-order valence-electron chi connectivity index (χ2n) is 30.8. The zero-order valence-corrected chi connectivity index (χ0v) is 77.9. The molecule has 9 saturated heterocycles. The van der Waals surface area contributed by atoms with E-state index < -0.39 is 121 Å². The zero-order chi connectivity index (χ0) is 101. The average Bonchev–Trinajstić information content (AvgIpc) is 1.77. The van der Waals surface area contributed by atoms with Gasteiger partial charge in [0, 0.05) is 202 Å². The molecule has 0 spiro atoms. The van der Waals surface area contributed by atoms with E-state index in [2.05, 4.69) is 30.2 Å². The first-order chi connectivity index (χ1) is 64.1. The Bertz CT molecular complexity index is 4100. The average molecular weight is 1910 g/mol. The van der Waals surface area contributed by atoms with Crippen LogP contribution in [-0.4, -0.2) is 341 Å². The molecule has 9 aliphatic heterocycles. The third kappa shape index (κ3) is 46.8. The maximum atomic E-state index is 11.8. The highest BCUT2D eigenvalue weighted by molar-refractivity contribution is 5.98. The maximum Gasteiger partial charge on any atom is 0.332 e. The number of amides is 12. The fraction of sp³-hybridized carbons (Fsp3) is 0.584.